The summed E-state index contributed by atoms with van der Waals surface area (Å²) in [6, 6.07) is 0. The standard InChI is InChI=1S/C21H31N3/c1-6-9-13-19(16-23-21(8-3)22-15-7-2)18(5)24-20-14-11-10-12-17(20)4/h6-10,12-13,17,22-23H,2,5,11,14-16H2,1,3-4H3/b9-6-,19-13-,21-8+,24-20?. The zero-order valence-corrected chi connectivity index (χ0v) is 15.3. The lowest BCUT2D eigenvalue weighted by Gasteiger charge is -2.18. The first kappa shape index (κ1) is 19.8. The predicted octanol–water partition coefficient (Wildman–Crippen LogP) is 4.66. The van der Waals surface area contributed by atoms with Crippen molar-refractivity contribution in [2.24, 2.45) is 10.9 Å². The number of hydrogen-bond acceptors (Lipinski definition) is 3. The maximum atomic E-state index is 4.81. The third-order valence-electron chi connectivity index (χ3n) is 3.85. The Morgan fingerprint density at radius 1 is 1.38 bits per heavy atom. The van der Waals surface area contributed by atoms with Gasteiger partial charge in [0.05, 0.1) is 11.5 Å². The molecule has 0 aromatic carbocycles. The third-order valence-corrected chi connectivity index (χ3v) is 3.85. The Labute approximate surface area is 147 Å². The molecule has 0 saturated heterocycles. The minimum atomic E-state index is 0.395. The SMILES string of the molecule is C=CCN/C(=C\C)NC/C(=C/C=C\C)C(=C)N=C1CCC=CC1C. The maximum absolute atomic E-state index is 4.81. The molecule has 1 unspecified atom stereocenters. The molecule has 1 aliphatic rings. The summed E-state index contributed by atoms with van der Waals surface area (Å²) in [7, 11) is 0. The highest BCUT2D eigenvalue weighted by molar-refractivity contribution is 5.90. The molecule has 0 saturated carbocycles. The molecular formula is C21H31N3. The van der Waals surface area contributed by atoms with Gasteiger partial charge in [0, 0.05) is 24.7 Å². The fraction of sp³-hybridized carbons (Fsp3) is 0.381. The highest BCUT2D eigenvalue weighted by Crippen LogP contribution is 2.18. The average Bonchev–Trinajstić information content (AvgIpc) is 2.59. The van der Waals surface area contributed by atoms with E-state index in [2.05, 4.69) is 48.9 Å². The van der Waals surface area contributed by atoms with Crippen LogP contribution in [0.3, 0.4) is 0 Å². The molecule has 0 radical (unpaired) electrons. The molecule has 0 bridgehead atoms. The van der Waals surface area contributed by atoms with Crippen molar-refractivity contribution in [1.29, 1.82) is 0 Å². The third kappa shape index (κ3) is 6.86. The minimum absolute atomic E-state index is 0.395. The zero-order chi connectivity index (χ0) is 17.8. The first-order chi connectivity index (χ1) is 11.6. The van der Waals surface area contributed by atoms with Crippen molar-refractivity contribution in [3.05, 3.63) is 72.8 Å². The Kier molecular flexibility index (Phi) is 9.28. The van der Waals surface area contributed by atoms with Crippen LogP contribution in [0.15, 0.2) is 77.8 Å². The van der Waals surface area contributed by atoms with Gasteiger partial charge < -0.3 is 10.6 Å². The molecule has 0 fully saturated rings. The van der Waals surface area contributed by atoms with E-state index in [1.54, 1.807) is 0 Å². The molecule has 2 N–H and O–H groups in total. The molecule has 1 atom stereocenters. The molecule has 3 nitrogen and oxygen atoms in total. The molecule has 0 amide bonds. The van der Waals surface area contributed by atoms with Crippen LogP contribution in [0.2, 0.25) is 0 Å². The van der Waals surface area contributed by atoms with Gasteiger partial charge in [0.25, 0.3) is 0 Å². The van der Waals surface area contributed by atoms with Crippen LogP contribution in [-0.4, -0.2) is 18.8 Å². The number of allylic oxidation sites excluding steroid dienone is 6. The predicted molar refractivity (Wildman–Crippen MR) is 107 cm³/mol. The Bertz CT molecular complexity index is 574. The smallest absolute Gasteiger partial charge is 0.0947 e. The van der Waals surface area contributed by atoms with E-state index >= 15 is 0 Å². The number of hydrogen-bond donors (Lipinski definition) is 2. The summed E-state index contributed by atoms with van der Waals surface area (Å²) < 4.78 is 0. The van der Waals surface area contributed by atoms with Crippen molar-refractivity contribution < 1.29 is 0 Å². The van der Waals surface area contributed by atoms with Crippen LogP contribution in [0.4, 0.5) is 0 Å². The van der Waals surface area contributed by atoms with Crippen LogP contribution in [-0.2, 0) is 0 Å². The summed E-state index contributed by atoms with van der Waals surface area (Å²) in [5.74, 6) is 1.38. The molecule has 0 aromatic heterocycles. The molecular weight excluding hydrogens is 294 g/mol. The van der Waals surface area contributed by atoms with Crippen molar-refractivity contribution in [2.75, 3.05) is 13.1 Å². The Balaban J connectivity index is 2.81. The lowest BCUT2D eigenvalue weighted by atomic mass is 9.95. The van der Waals surface area contributed by atoms with Crippen molar-refractivity contribution in [3.63, 3.8) is 0 Å². The van der Waals surface area contributed by atoms with Crippen LogP contribution in [0.5, 0.6) is 0 Å². The summed E-state index contributed by atoms with van der Waals surface area (Å²) in [5.41, 5.74) is 3.13. The molecule has 0 heterocycles. The van der Waals surface area contributed by atoms with Crippen LogP contribution in [0, 0.1) is 5.92 Å². The second kappa shape index (κ2) is 11.3. The van der Waals surface area contributed by atoms with E-state index < -0.39 is 0 Å². The normalized spacial score (nSPS) is 20.5. The quantitative estimate of drug-likeness (QED) is 0.478. The molecule has 130 valence electrons. The van der Waals surface area contributed by atoms with Gasteiger partial charge in [-0.1, -0.05) is 50.0 Å². The number of aliphatic imine (C=N–C) groups is 1. The number of rotatable bonds is 9. The Morgan fingerprint density at radius 2 is 2.17 bits per heavy atom. The van der Waals surface area contributed by atoms with Crippen LogP contribution in [0.25, 0.3) is 0 Å². The highest BCUT2D eigenvalue weighted by atomic mass is 15.1. The average molecular weight is 326 g/mol. The van der Waals surface area contributed by atoms with Gasteiger partial charge in [0.1, 0.15) is 0 Å². The molecule has 1 aliphatic carbocycles. The summed E-state index contributed by atoms with van der Waals surface area (Å²) in [5, 5.41) is 6.67. The monoisotopic (exact) mass is 325 g/mol. The van der Waals surface area contributed by atoms with Crippen molar-refractivity contribution in [2.45, 2.75) is 33.6 Å². The van der Waals surface area contributed by atoms with Gasteiger partial charge in [0.15, 0.2) is 0 Å². The zero-order valence-electron chi connectivity index (χ0n) is 15.3. The lowest BCUT2D eigenvalue weighted by molar-refractivity contribution is 0.747. The van der Waals surface area contributed by atoms with E-state index in [-0.39, 0.29) is 0 Å². The second-order valence-electron chi connectivity index (χ2n) is 5.75. The minimum Gasteiger partial charge on any atom is -0.369 e. The molecule has 1 rings (SSSR count). The molecule has 3 heteroatoms. The van der Waals surface area contributed by atoms with Gasteiger partial charge >= 0.3 is 0 Å². The molecule has 0 spiro atoms. The first-order valence-corrected chi connectivity index (χ1v) is 8.62. The van der Waals surface area contributed by atoms with Crippen LogP contribution < -0.4 is 10.6 Å². The van der Waals surface area contributed by atoms with Crippen LogP contribution >= 0.6 is 0 Å². The molecule has 24 heavy (non-hydrogen) atoms. The van der Waals surface area contributed by atoms with Gasteiger partial charge in [-0.3, -0.25) is 4.99 Å². The van der Waals surface area contributed by atoms with Gasteiger partial charge in [0.2, 0.25) is 0 Å². The summed E-state index contributed by atoms with van der Waals surface area (Å²) in [6.07, 6.45) is 16.5. The van der Waals surface area contributed by atoms with E-state index in [0.717, 1.165) is 36.5 Å². The lowest BCUT2D eigenvalue weighted by Crippen LogP contribution is -2.28. The summed E-state index contributed by atoms with van der Waals surface area (Å²) in [6.45, 7) is 15.5. The van der Waals surface area contributed by atoms with Gasteiger partial charge in [-0.05, 0) is 38.3 Å². The molecule has 0 aromatic rings. The fourth-order valence-corrected chi connectivity index (χ4v) is 2.38. The van der Waals surface area contributed by atoms with Crippen molar-refractivity contribution >= 4 is 5.71 Å². The van der Waals surface area contributed by atoms with Gasteiger partial charge in [-0.15, -0.1) is 6.58 Å². The second-order valence-corrected chi connectivity index (χ2v) is 5.75. The van der Waals surface area contributed by atoms with E-state index in [1.807, 2.05) is 38.2 Å². The van der Waals surface area contributed by atoms with E-state index in [9.17, 15) is 0 Å². The van der Waals surface area contributed by atoms with Gasteiger partial charge in [-0.2, -0.15) is 0 Å². The topological polar surface area (TPSA) is 36.4 Å². The maximum Gasteiger partial charge on any atom is 0.0947 e. The Hall–Kier alpha value is -2.29. The summed E-state index contributed by atoms with van der Waals surface area (Å²) >= 11 is 0. The fourth-order valence-electron chi connectivity index (χ4n) is 2.38. The van der Waals surface area contributed by atoms with Crippen LogP contribution in [0.1, 0.15) is 33.6 Å². The van der Waals surface area contributed by atoms with Gasteiger partial charge in [-0.25, -0.2) is 0 Å². The molecule has 0 aliphatic heterocycles. The van der Waals surface area contributed by atoms with E-state index in [0.29, 0.717) is 12.5 Å². The van der Waals surface area contributed by atoms with Crippen molar-refractivity contribution in [3.8, 4) is 0 Å². The summed E-state index contributed by atoms with van der Waals surface area (Å²) in [4.78, 5) is 4.81. The highest BCUT2D eigenvalue weighted by Gasteiger charge is 2.12. The van der Waals surface area contributed by atoms with E-state index in [1.165, 1.54) is 5.71 Å². The largest absolute Gasteiger partial charge is 0.369 e. The Morgan fingerprint density at radius 3 is 2.79 bits per heavy atom. The van der Waals surface area contributed by atoms with Crippen molar-refractivity contribution in [1.82, 2.24) is 10.6 Å². The van der Waals surface area contributed by atoms with E-state index in [4.69, 9.17) is 4.99 Å². The number of nitrogens with one attached hydrogen (secondary N) is 2. The number of nitrogens with zero attached hydrogens (tertiary/aromatic N) is 1. The first-order valence-electron chi connectivity index (χ1n) is 8.62.